The van der Waals surface area contributed by atoms with Crippen molar-refractivity contribution in [3.63, 3.8) is 0 Å². The lowest BCUT2D eigenvalue weighted by molar-refractivity contribution is 0.0790. The maximum absolute atomic E-state index is 12.5. The summed E-state index contributed by atoms with van der Waals surface area (Å²) in [5, 5.41) is 3.33. The molecule has 1 unspecified atom stereocenters. The lowest BCUT2D eigenvalue weighted by atomic mass is 10.1. The number of hydrogen-bond donors (Lipinski definition) is 1. The molecule has 1 saturated heterocycles. The standard InChI is InChI=1S/C20H26N6O/c1-15-18-17(19(27)24(2)14-22-15)12-21-20(23-18)26-10-8-25(9-11-26)13-16-6-4-3-5-7-16/h3-7,12,15,22H,8-11,13-14H2,1-2H3. The van der Waals surface area contributed by atoms with Gasteiger partial charge in [-0.25, -0.2) is 9.97 Å². The van der Waals surface area contributed by atoms with Crippen molar-refractivity contribution in [2.45, 2.75) is 19.5 Å². The summed E-state index contributed by atoms with van der Waals surface area (Å²) in [5.74, 6) is 0.695. The Balaban J connectivity index is 1.45. The Labute approximate surface area is 160 Å². The average molecular weight is 366 g/mol. The highest BCUT2D eigenvalue weighted by Gasteiger charge is 2.27. The lowest BCUT2D eigenvalue weighted by Gasteiger charge is -2.35. The minimum atomic E-state index is -0.0268. The zero-order valence-corrected chi connectivity index (χ0v) is 15.9. The SMILES string of the molecule is CC1NCN(C)C(=O)c2cnc(N3CCN(Cc4ccccc4)CC3)nc21. The van der Waals surface area contributed by atoms with E-state index < -0.39 is 0 Å². The summed E-state index contributed by atoms with van der Waals surface area (Å²) in [6, 6.07) is 10.6. The summed E-state index contributed by atoms with van der Waals surface area (Å²) in [6.45, 7) is 7.27. The van der Waals surface area contributed by atoms with Crippen LogP contribution in [0.3, 0.4) is 0 Å². The second-order valence-electron chi connectivity index (χ2n) is 7.30. The van der Waals surface area contributed by atoms with Crippen molar-refractivity contribution in [1.82, 2.24) is 25.1 Å². The van der Waals surface area contributed by atoms with Crippen molar-refractivity contribution in [2.24, 2.45) is 0 Å². The van der Waals surface area contributed by atoms with Gasteiger partial charge in [-0.05, 0) is 12.5 Å². The van der Waals surface area contributed by atoms with E-state index in [2.05, 4.69) is 50.4 Å². The van der Waals surface area contributed by atoms with E-state index in [0.717, 1.165) is 44.4 Å². The molecule has 2 aliphatic rings. The molecule has 0 saturated carbocycles. The number of amides is 1. The fraction of sp³-hybridized carbons (Fsp3) is 0.450. The number of fused-ring (bicyclic) bond motifs is 1. The first kappa shape index (κ1) is 17.9. The first-order valence-corrected chi connectivity index (χ1v) is 9.49. The minimum absolute atomic E-state index is 0.0232. The van der Waals surface area contributed by atoms with Crippen LogP contribution in [0.1, 0.15) is 34.6 Å². The second kappa shape index (κ2) is 7.62. The van der Waals surface area contributed by atoms with Crippen LogP contribution in [-0.4, -0.2) is 65.6 Å². The fourth-order valence-electron chi connectivity index (χ4n) is 3.63. The Hall–Kier alpha value is -2.51. The molecule has 1 fully saturated rings. The van der Waals surface area contributed by atoms with Crippen molar-refractivity contribution in [2.75, 3.05) is 44.8 Å². The molecule has 7 heteroatoms. The maximum atomic E-state index is 12.5. The predicted molar refractivity (Wildman–Crippen MR) is 104 cm³/mol. The molecule has 0 spiro atoms. The van der Waals surface area contributed by atoms with E-state index in [0.29, 0.717) is 12.2 Å². The zero-order valence-electron chi connectivity index (χ0n) is 15.9. The third-order valence-corrected chi connectivity index (χ3v) is 5.33. The summed E-state index contributed by atoms with van der Waals surface area (Å²) < 4.78 is 0. The minimum Gasteiger partial charge on any atom is -0.338 e. The number of hydrogen-bond acceptors (Lipinski definition) is 6. The second-order valence-corrected chi connectivity index (χ2v) is 7.30. The van der Waals surface area contributed by atoms with Gasteiger partial charge in [0, 0.05) is 52.0 Å². The zero-order chi connectivity index (χ0) is 18.8. The molecule has 0 aliphatic carbocycles. The Morgan fingerprint density at radius 1 is 1.15 bits per heavy atom. The van der Waals surface area contributed by atoms with Crippen molar-refractivity contribution >= 4 is 11.9 Å². The van der Waals surface area contributed by atoms with Crippen LogP contribution in [-0.2, 0) is 6.54 Å². The molecule has 0 bridgehead atoms. The molecule has 2 aliphatic heterocycles. The third-order valence-electron chi connectivity index (χ3n) is 5.33. The molecule has 1 N–H and O–H groups in total. The number of benzene rings is 1. The molecule has 1 aromatic carbocycles. The molecule has 1 amide bonds. The van der Waals surface area contributed by atoms with Crippen molar-refractivity contribution < 1.29 is 4.79 Å². The van der Waals surface area contributed by atoms with Gasteiger partial charge in [-0.15, -0.1) is 0 Å². The maximum Gasteiger partial charge on any atom is 0.258 e. The van der Waals surface area contributed by atoms with Gasteiger partial charge in [0.15, 0.2) is 0 Å². The molecule has 27 heavy (non-hydrogen) atoms. The van der Waals surface area contributed by atoms with E-state index in [-0.39, 0.29) is 11.9 Å². The number of aromatic nitrogens is 2. The molecule has 7 nitrogen and oxygen atoms in total. The van der Waals surface area contributed by atoms with Gasteiger partial charge in [-0.1, -0.05) is 30.3 Å². The molecule has 1 aromatic heterocycles. The van der Waals surface area contributed by atoms with Crippen LogP contribution in [0.2, 0.25) is 0 Å². The van der Waals surface area contributed by atoms with Crippen LogP contribution >= 0.6 is 0 Å². The molecule has 142 valence electrons. The highest BCUT2D eigenvalue weighted by atomic mass is 16.2. The largest absolute Gasteiger partial charge is 0.338 e. The summed E-state index contributed by atoms with van der Waals surface area (Å²) in [5.41, 5.74) is 2.73. The van der Waals surface area contributed by atoms with Crippen molar-refractivity contribution in [1.29, 1.82) is 0 Å². The number of anilines is 1. The lowest BCUT2D eigenvalue weighted by Crippen LogP contribution is -2.46. The van der Waals surface area contributed by atoms with E-state index in [4.69, 9.17) is 4.98 Å². The third kappa shape index (κ3) is 3.79. The average Bonchev–Trinajstić information content (AvgIpc) is 2.81. The van der Waals surface area contributed by atoms with Gasteiger partial charge in [0.2, 0.25) is 5.95 Å². The van der Waals surface area contributed by atoms with Crippen LogP contribution in [0.4, 0.5) is 5.95 Å². The Morgan fingerprint density at radius 3 is 2.63 bits per heavy atom. The Kier molecular flexibility index (Phi) is 5.05. The highest BCUT2D eigenvalue weighted by Crippen LogP contribution is 2.22. The van der Waals surface area contributed by atoms with Crippen molar-refractivity contribution in [3.05, 3.63) is 53.3 Å². The molecular weight excluding hydrogens is 340 g/mol. The van der Waals surface area contributed by atoms with E-state index in [1.165, 1.54) is 5.56 Å². The van der Waals surface area contributed by atoms with E-state index in [1.807, 2.05) is 6.92 Å². The summed E-state index contributed by atoms with van der Waals surface area (Å²) in [6.07, 6.45) is 1.69. The molecule has 1 atom stereocenters. The molecule has 2 aromatic rings. The summed E-state index contributed by atoms with van der Waals surface area (Å²) >= 11 is 0. The van der Waals surface area contributed by atoms with Gasteiger partial charge >= 0.3 is 0 Å². The van der Waals surface area contributed by atoms with Gasteiger partial charge < -0.3 is 9.80 Å². The first-order chi connectivity index (χ1) is 13.1. The topological polar surface area (TPSA) is 64.6 Å². The number of nitrogens with one attached hydrogen (secondary N) is 1. The van der Waals surface area contributed by atoms with Gasteiger partial charge in [-0.3, -0.25) is 15.0 Å². The number of nitrogens with zero attached hydrogens (tertiary/aromatic N) is 5. The van der Waals surface area contributed by atoms with Gasteiger partial charge in [0.05, 0.1) is 17.9 Å². The smallest absolute Gasteiger partial charge is 0.258 e. The van der Waals surface area contributed by atoms with Gasteiger partial charge in [0.25, 0.3) is 5.91 Å². The predicted octanol–water partition coefficient (Wildman–Crippen LogP) is 1.49. The Bertz CT molecular complexity index is 803. The first-order valence-electron chi connectivity index (χ1n) is 9.49. The van der Waals surface area contributed by atoms with Crippen molar-refractivity contribution in [3.8, 4) is 0 Å². The van der Waals surface area contributed by atoms with Crippen LogP contribution in [0.5, 0.6) is 0 Å². The molecule has 0 radical (unpaired) electrons. The Morgan fingerprint density at radius 2 is 1.89 bits per heavy atom. The van der Waals surface area contributed by atoms with Gasteiger partial charge in [0.1, 0.15) is 0 Å². The van der Waals surface area contributed by atoms with Gasteiger partial charge in [-0.2, -0.15) is 0 Å². The molecular formula is C20H26N6O. The molecule has 3 heterocycles. The summed E-state index contributed by atoms with van der Waals surface area (Å²) in [4.78, 5) is 28.1. The van der Waals surface area contributed by atoms with Crippen LogP contribution in [0, 0.1) is 0 Å². The quantitative estimate of drug-likeness (QED) is 0.888. The number of carbonyl (C=O) groups is 1. The summed E-state index contributed by atoms with van der Waals surface area (Å²) in [7, 11) is 1.79. The van der Waals surface area contributed by atoms with Crippen LogP contribution in [0.25, 0.3) is 0 Å². The van der Waals surface area contributed by atoms with Crippen LogP contribution < -0.4 is 10.2 Å². The fourth-order valence-corrected chi connectivity index (χ4v) is 3.63. The van der Waals surface area contributed by atoms with E-state index >= 15 is 0 Å². The normalized spacial score (nSPS) is 21.1. The van der Waals surface area contributed by atoms with E-state index in [9.17, 15) is 4.79 Å². The monoisotopic (exact) mass is 366 g/mol. The van der Waals surface area contributed by atoms with E-state index in [1.54, 1.807) is 18.1 Å². The number of rotatable bonds is 3. The number of carbonyl (C=O) groups excluding carboxylic acids is 1. The highest BCUT2D eigenvalue weighted by molar-refractivity contribution is 5.95. The number of piperazine rings is 1. The molecule has 4 rings (SSSR count). The van der Waals surface area contributed by atoms with Crippen LogP contribution in [0.15, 0.2) is 36.5 Å².